The van der Waals surface area contributed by atoms with Gasteiger partial charge in [-0.2, -0.15) is 0 Å². The number of anilines is 1. The van der Waals surface area contributed by atoms with Gasteiger partial charge in [0, 0.05) is 55.3 Å². The van der Waals surface area contributed by atoms with Crippen molar-refractivity contribution < 1.29 is 28.0 Å². The van der Waals surface area contributed by atoms with Gasteiger partial charge in [-0.25, -0.2) is 13.4 Å². The molecule has 2 heterocycles. The lowest BCUT2D eigenvalue weighted by Gasteiger charge is -2.37. The summed E-state index contributed by atoms with van der Waals surface area (Å²) < 4.78 is 25.2. The number of benzene rings is 1. The van der Waals surface area contributed by atoms with Crippen LogP contribution in [0, 0.1) is 0 Å². The molecule has 1 aliphatic heterocycles. The Hall–Kier alpha value is -2.87. The molecule has 2 N–H and O–H groups in total. The Bertz CT molecular complexity index is 1320. The van der Waals surface area contributed by atoms with Crippen molar-refractivity contribution in [1.29, 1.82) is 0 Å². The first-order valence-electron chi connectivity index (χ1n) is 13.2. The second kappa shape index (κ2) is 11.7. The molecule has 0 unspecified atom stereocenters. The highest BCUT2D eigenvalue weighted by molar-refractivity contribution is 7.92. The average Bonchev–Trinajstić information content (AvgIpc) is 3.58. The van der Waals surface area contributed by atoms with Gasteiger partial charge >= 0.3 is 0 Å². The van der Waals surface area contributed by atoms with E-state index in [4.69, 9.17) is 4.84 Å². The van der Waals surface area contributed by atoms with E-state index >= 15 is 0 Å². The Labute approximate surface area is 231 Å². The molecule has 3 aliphatic rings. The third-order valence-electron chi connectivity index (χ3n) is 7.34. The molecule has 5 rings (SSSR count). The normalized spacial score (nSPS) is 24.5. The van der Waals surface area contributed by atoms with Crippen LogP contribution >= 0.6 is 11.3 Å². The minimum atomic E-state index is -3.36. The van der Waals surface area contributed by atoms with E-state index in [-0.39, 0.29) is 28.0 Å². The number of nitrogens with one attached hydrogen (secondary N) is 1. The molecule has 0 radical (unpaired) electrons. The standard InChI is InChI=1S/C26H33N5O6S2/c1-17-14-30(10-11-31(17)16-32)15-21-13-27-26(38-21)28-25(34)24(29-37-20-5-4-19(33)12-20)18-2-6-22(7-3-18)39(35,36)23-8-9-23/h2-3,6-7,13,16-17,19-20,23,33H,4-5,8-12,14-15H2,1H3,(H,27,28,34)/t17-,19+,20+/m0/s1. The molecule has 0 spiro atoms. The summed E-state index contributed by atoms with van der Waals surface area (Å²) in [5.74, 6) is -0.527. The van der Waals surface area contributed by atoms with Crippen molar-refractivity contribution in [2.45, 2.75) is 74.0 Å². The number of piperazine rings is 1. The lowest BCUT2D eigenvalue weighted by Crippen LogP contribution is -2.50. The highest BCUT2D eigenvalue weighted by atomic mass is 32.2. The van der Waals surface area contributed by atoms with Gasteiger partial charge in [0.1, 0.15) is 6.10 Å². The highest BCUT2D eigenvalue weighted by Crippen LogP contribution is 2.33. The molecule has 1 saturated heterocycles. The van der Waals surface area contributed by atoms with Gasteiger partial charge in [-0.05, 0) is 44.7 Å². The lowest BCUT2D eigenvalue weighted by atomic mass is 10.1. The first-order valence-corrected chi connectivity index (χ1v) is 15.5. The van der Waals surface area contributed by atoms with Crippen molar-refractivity contribution in [2.75, 3.05) is 25.0 Å². The van der Waals surface area contributed by atoms with Crippen molar-refractivity contribution in [3.63, 3.8) is 0 Å². The first kappa shape index (κ1) is 27.7. The van der Waals surface area contributed by atoms with Crippen molar-refractivity contribution in [3.8, 4) is 0 Å². The maximum absolute atomic E-state index is 13.3. The Morgan fingerprint density at radius 3 is 2.64 bits per heavy atom. The minimum absolute atomic E-state index is 0.00215. The van der Waals surface area contributed by atoms with Gasteiger partial charge in [0.2, 0.25) is 6.41 Å². The van der Waals surface area contributed by atoms with E-state index < -0.39 is 21.8 Å². The third-order valence-corrected chi connectivity index (χ3v) is 10.5. The summed E-state index contributed by atoms with van der Waals surface area (Å²) in [5.41, 5.74) is 0.418. The number of sulfone groups is 1. The molecule has 2 aromatic rings. The number of thiazole rings is 1. The summed E-state index contributed by atoms with van der Waals surface area (Å²) in [4.78, 5) is 39.7. The van der Waals surface area contributed by atoms with Gasteiger partial charge in [0.25, 0.3) is 5.91 Å². The van der Waals surface area contributed by atoms with Gasteiger partial charge in [-0.3, -0.25) is 19.8 Å². The maximum atomic E-state index is 13.3. The van der Waals surface area contributed by atoms with Crippen LogP contribution in [0.5, 0.6) is 0 Å². The van der Waals surface area contributed by atoms with Gasteiger partial charge in [-0.15, -0.1) is 11.3 Å². The van der Waals surface area contributed by atoms with Gasteiger partial charge in [0.05, 0.1) is 16.2 Å². The summed E-state index contributed by atoms with van der Waals surface area (Å²) >= 11 is 1.36. The number of nitrogens with zero attached hydrogens (tertiary/aromatic N) is 4. The number of hydrogen-bond acceptors (Lipinski definition) is 10. The molecule has 1 aromatic heterocycles. The number of amides is 2. The number of oxime groups is 1. The Balaban J connectivity index is 1.28. The number of rotatable bonds is 10. The highest BCUT2D eigenvalue weighted by Gasteiger charge is 2.37. The predicted octanol–water partition coefficient (Wildman–Crippen LogP) is 2.01. The zero-order valence-electron chi connectivity index (χ0n) is 21.7. The molecule has 13 heteroatoms. The topological polar surface area (TPSA) is 142 Å². The zero-order valence-corrected chi connectivity index (χ0v) is 23.4. The summed E-state index contributed by atoms with van der Waals surface area (Å²) in [6, 6.07) is 6.26. The summed E-state index contributed by atoms with van der Waals surface area (Å²) in [6.45, 7) is 4.87. The van der Waals surface area contributed by atoms with Gasteiger partial charge in [0.15, 0.2) is 20.7 Å². The number of hydrogen-bond donors (Lipinski definition) is 2. The maximum Gasteiger partial charge on any atom is 0.280 e. The van der Waals surface area contributed by atoms with Crippen LogP contribution in [0.3, 0.4) is 0 Å². The van der Waals surface area contributed by atoms with E-state index in [9.17, 15) is 23.1 Å². The van der Waals surface area contributed by atoms with Crippen LogP contribution in [0.25, 0.3) is 0 Å². The van der Waals surface area contributed by atoms with Crippen LogP contribution in [0.2, 0.25) is 0 Å². The van der Waals surface area contributed by atoms with E-state index in [2.05, 4.69) is 20.4 Å². The Morgan fingerprint density at radius 1 is 1.23 bits per heavy atom. The summed E-state index contributed by atoms with van der Waals surface area (Å²) in [7, 11) is -3.36. The number of aliphatic hydroxyl groups excluding tert-OH is 1. The van der Waals surface area contributed by atoms with E-state index in [1.165, 1.54) is 23.5 Å². The zero-order chi connectivity index (χ0) is 27.6. The molecular weight excluding hydrogens is 542 g/mol. The molecule has 3 fully saturated rings. The number of carbonyl (C=O) groups is 2. The first-order chi connectivity index (χ1) is 18.7. The minimum Gasteiger partial charge on any atom is -0.393 e. The number of aliphatic hydroxyl groups is 1. The molecule has 2 aliphatic carbocycles. The third kappa shape index (κ3) is 6.65. The van der Waals surface area contributed by atoms with Crippen molar-refractivity contribution >= 4 is 44.3 Å². The molecule has 11 nitrogen and oxygen atoms in total. The largest absolute Gasteiger partial charge is 0.393 e. The molecule has 3 atom stereocenters. The number of carbonyl (C=O) groups excluding carboxylic acids is 2. The monoisotopic (exact) mass is 575 g/mol. The molecule has 210 valence electrons. The van der Waals surface area contributed by atoms with E-state index in [1.54, 1.807) is 23.2 Å². The fourth-order valence-electron chi connectivity index (χ4n) is 4.90. The lowest BCUT2D eigenvalue weighted by molar-refractivity contribution is -0.122. The fourth-order valence-corrected chi connectivity index (χ4v) is 7.41. The molecule has 2 amide bonds. The number of aromatic nitrogens is 1. The van der Waals surface area contributed by atoms with Crippen LogP contribution < -0.4 is 5.32 Å². The second-order valence-electron chi connectivity index (χ2n) is 10.4. The smallest absolute Gasteiger partial charge is 0.280 e. The predicted molar refractivity (Wildman–Crippen MR) is 146 cm³/mol. The quantitative estimate of drug-likeness (QED) is 0.249. The molecule has 1 aromatic carbocycles. The van der Waals surface area contributed by atoms with Crippen molar-refractivity contribution in [1.82, 2.24) is 14.8 Å². The van der Waals surface area contributed by atoms with Crippen LogP contribution in [0.4, 0.5) is 5.13 Å². The van der Waals surface area contributed by atoms with Gasteiger partial charge in [-0.1, -0.05) is 17.3 Å². The average molecular weight is 576 g/mol. The SMILES string of the molecule is C[C@H]1CN(Cc2cnc(NC(=O)C(=NO[C@@H]3CC[C@@H](O)C3)c3ccc(S(=O)(=O)C4CC4)cc3)s2)CCN1C=O. The second-order valence-corrected chi connectivity index (χ2v) is 13.8. The molecular formula is C26H33N5O6S2. The van der Waals surface area contributed by atoms with E-state index in [0.29, 0.717) is 55.9 Å². The fraction of sp³-hybridized carbons (Fsp3) is 0.538. The van der Waals surface area contributed by atoms with Crippen LogP contribution in [-0.4, -0.2) is 89.5 Å². The van der Waals surface area contributed by atoms with Crippen LogP contribution in [-0.2, 0) is 30.8 Å². The van der Waals surface area contributed by atoms with E-state index in [0.717, 1.165) is 24.4 Å². The van der Waals surface area contributed by atoms with Crippen LogP contribution in [0.15, 0.2) is 40.5 Å². The Kier molecular flexibility index (Phi) is 8.31. The summed E-state index contributed by atoms with van der Waals surface area (Å²) in [5, 5.41) is 16.8. The summed E-state index contributed by atoms with van der Waals surface area (Å²) in [6.07, 6.45) is 4.88. The van der Waals surface area contributed by atoms with Crippen molar-refractivity contribution in [3.05, 3.63) is 40.9 Å². The van der Waals surface area contributed by atoms with Crippen molar-refractivity contribution in [2.24, 2.45) is 5.16 Å². The molecule has 39 heavy (non-hydrogen) atoms. The molecule has 0 bridgehead atoms. The molecule has 2 saturated carbocycles. The Morgan fingerprint density at radius 2 is 2.00 bits per heavy atom. The van der Waals surface area contributed by atoms with Crippen LogP contribution in [0.1, 0.15) is 49.5 Å². The van der Waals surface area contributed by atoms with E-state index in [1.807, 2.05) is 6.92 Å². The van der Waals surface area contributed by atoms with Gasteiger partial charge < -0.3 is 14.8 Å².